The largest absolute Gasteiger partial charge is 0.435 e. The molecule has 0 aliphatic carbocycles. The topological polar surface area (TPSA) is 38.3 Å². The van der Waals surface area contributed by atoms with Gasteiger partial charge in [-0.15, -0.1) is 6.42 Å². The van der Waals surface area contributed by atoms with Gasteiger partial charge >= 0.3 is 6.61 Å². The number of terminal acetylenes is 1. The van der Waals surface area contributed by atoms with Crippen LogP contribution in [0.3, 0.4) is 0 Å². The second-order valence-electron chi connectivity index (χ2n) is 4.13. The summed E-state index contributed by atoms with van der Waals surface area (Å²) in [4.78, 5) is 11.8. The Morgan fingerprint density at radius 3 is 2.72 bits per heavy atom. The van der Waals surface area contributed by atoms with E-state index in [0.29, 0.717) is 0 Å². The fourth-order valence-electron chi connectivity index (χ4n) is 1.21. The molecule has 1 N–H and O–H groups in total. The van der Waals surface area contributed by atoms with Gasteiger partial charge in [0, 0.05) is 5.56 Å². The number of halogens is 2. The molecule has 1 amide bonds. The maximum Gasteiger partial charge on any atom is 0.387 e. The van der Waals surface area contributed by atoms with Gasteiger partial charge in [0.2, 0.25) is 0 Å². The van der Waals surface area contributed by atoms with Gasteiger partial charge in [-0.2, -0.15) is 8.78 Å². The zero-order chi connectivity index (χ0) is 13.8. The fraction of sp³-hybridized carbons (Fsp3) is 0.308. The van der Waals surface area contributed by atoms with E-state index in [-0.39, 0.29) is 11.3 Å². The summed E-state index contributed by atoms with van der Waals surface area (Å²) < 4.78 is 28.3. The van der Waals surface area contributed by atoms with Crippen LogP contribution in [0.15, 0.2) is 24.3 Å². The lowest BCUT2D eigenvalue weighted by Gasteiger charge is -2.19. The van der Waals surface area contributed by atoms with Gasteiger partial charge in [0.1, 0.15) is 5.75 Å². The normalized spacial score (nSPS) is 10.9. The van der Waals surface area contributed by atoms with E-state index >= 15 is 0 Å². The van der Waals surface area contributed by atoms with Gasteiger partial charge in [0.25, 0.3) is 5.91 Å². The van der Waals surface area contributed by atoms with Crippen LogP contribution < -0.4 is 10.1 Å². The quantitative estimate of drug-likeness (QED) is 0.837. The van der Waals surface area contributed by atoms with E-state index < -0.39 is 18.1 Å². The number of amides is 1. The Kier molecular flexibility index (Phi) is 4.27. The molecule has 0 heterocycles. The number of nitrogens with one attached hydrogen (secondary N) is 1. The molecule has 0 unspecified atom stereocenters. The van der Waals surface area contributed by atoms with Crippen molar-refractivity contribution in [1.82, 2.24) is 5.32 Å². The van der Waals surface area contributed by atoms with E-state index in [1.165, 1.54) is 24.3 Å². The van der Waals surface area contributed by atoms with Crippen molar-refractivity contribution >= 4 is 5.91 Å². The molecule has 96 valence electrons. The predicted molar refractivity (Wildman–Crippen MR) is 63.5 cm³/mol. The SMILES string of the molecule is C#CC(C)(C)NC(=O)c1cccc(OC(F)F)c1. The van der Waals surface area contributed by atoms with Crippen molar-refractivity contribution < 1.29 is 18.3 Å². The summed E-state index contributed by atoms with van der Waals surface area (Å²) in [6.07, 6.45) is 5.24. The van der Waals surface area contributed by atoms with Crippen molar-refractivity contribution in [2.45, 2.75) is 26.0 Å². The highest BCUT2D eigenvalue weighted by atomic mass is 19.3. The Morgan fingerprint density at radius 1 is 1.50 bits per heavy atom. The van der Waals surface area contributed by atoms with Crippen molar-refractivity contribution in [3.8, 4) is 18.1 Å². The molecule has 3 nitrogen and oxygen atoms in total. The minimum atomic E-state index is -2.93. The molecule has 0 radical (unpaired) electrons. The van der Waals surface area contributed by atoms with Gasteiger partial charge < -0.3 is 10.1 Å². The third-order valence-corrected chi connectivity index (χ3v) is 2.11. The minimum Gasteiger partial charge on any atom is -0.435 e. The molecular formula is C13H13F2NO2. The highest BCUT2D eigenvalue weighted by Crippen LogP contribution is 2.16. The molecular weight excluding hydrogens is 240 g/mol. The summed E-state index contributed by atoms with van der Waals surface area (Å²) in [6.45, 7) is 0.389. The Morgan fingerprint density at radius 2 is 2.17 bits per heavy atom. The molecule has 0 aliphatic rings. The first kappa shape index (κ1) is 14.0. The lowest BCUT2D eigenvalue weighted by Crippen LogP contribution is -2.42. The average molecular weight is 253 g/mol. The van der Waals surface area contributed by atoms with E-state index in [9.17, 15) is 13.6 Å². The van der Waals surface area contributed by atoms with Gasteiger partial charge in [-0.25, -0.2) is 0 Å². The van der Waals surface area contributed by atoms with Gasteiger partial charge in [-0.05, 0) is 32.0 Å². The Labute approximate surface area is 104 Å². The summed E-state index contributed by atoms with van der Waals surface area (Å²) >= 11 is 0. The summed E-state index contributed by atoms with van der Waals surface area (Å²) in [7, 11) is 0. The van der Waals surface area contributed by atoms with E-state index in [2.05, 4.69) is 16.0 Å². The summed E-state index contributed by atoms with van der Waals surface area (Å²) in [5.74, 6) is 1.89. The van der Waals surface area contributed by atoms with Gasteiger partial charge in [0.05, 0.1) is 5.54 Å². The number of hydrogen-bond acceptors (Lipinski definition) is 2. The Balaban J connectivity index is 2.84. The standard InChI is InChI=1S/C13H13F2NO2/c1-4-13(2,3)16-11(17)9-6-5-7-10(8-9)18-12(14)15/h1,5-8,12H,2-3H3,(H,16,17). The van der Waals surface area contributed by atoms with Crippen molar-refractivity contribution in [1.29, 1.82) is 0 Å². The van der Waals surface area contributed by atoms with Crippen LogP contribution in [0.25, 0.3) is 0 Å². The molecule has 0 saturated carbocycles. The zero-order valence-corrected chi connectivity index (χ0v) is 10.0. The van der Waals surface area contributed by atoms with Crippen LogP contribution in [0.1, 0.15) is 24.2 Å². The van der Waals surface area contributed by atoms with Crippen molar-refractivity contribution in [3.05, 3.63) is 29.8 Å². The van der Waals surface area contributed by atoms with Crippen LogP contribution in [-0.4, -0.2) is 18.1 Å². The van der Waals surface area contributed by atoms with E-state index in [1.54, 1.807) is 13.8 Å². The third-order valence-electron chi connectivity index (χ3n) is 2.11. The van der Waals surface area contributed by atoms with Crippen LogP contribution >= 0.6 is 0 Å². The monoisotopic (exact) mass is 253 g/mol. The molecule has 1 aromatic carbocycles. The summed E-state index contributed by atoms with van der Waals surface area (Å²) in [5, 5.41) is 2.58. The van der Waals surface area contributed by atoms with Crippen LogP contribution in [0.4, 0.5) is 8.78 Å². The van der Waals surface area contributed by atoms with Crippen LogP contribution in [0.2, 0.25) is 0 Å². The minimum absolute atomic E-state index is 0.0730. The van der Waals surface area contributed by atoms with Gasteiger partial charge in [-0.3, -0.25) is 4.79 Å². The van der Waals surface area contributed by atoms with Crippen LogP contribution in [0.5, 0.6) is 5.75 Å². The maximum absolute atomic E-state index is 12.0. The number of carbonyl (C=O) groups excluding carboxylic acids is 1. The molecule has 18 heavy (non-hydrogen) atoms. The first-order valence-corrected chi connectivity index (χ1v) is 5.19. The first-order chi connectivity index (χ1) is 8.34. The van der Waals surface area contributed by atoms with Crippen LogP contribution in [0, 0.1) is 12.3 Å². The first-order valence-electron chi connectivity index (χ1n) is 5.19. The van der Waals surface area contributed by atoms with Gasteiger partial charge in [-0.1, -0.05) is 12.0 Å². The van der Waals surface area contributed by atoms with Gasteiger partial charge in [0.15, 0.2) is 0 Å². The van der Waals surface area contributed by atoms with E-state index in [4.69, 9.17) is 6.42 Å². The maximum atomic E-state index is 12.0. The average Bonchev–Trinajstić information content (AvgIpc) is 2.28. The molecule has 0 aromatic heterocycles. The second-order valence-corrected chi connectivity index (χ2v) is 4.13. The number of alkyl halides is 2. The number of rotatable bonds is 4. The second kappa shape index (κ2) is 5.50. The Hall–Kier alpha value is -2.09. The fourth-order valence-corrected chi connectivity index (χ4v) is 1.21. The zero-order valence-electron chi connectivity index (χ0n) is 10.0. The highest BCUT2D eigenvalue weighted by molar-refractivity contribution is 5.95. The Bertz CT molecular complexity index is 478. The van der Waals surface area contributed by atoms with Crippen LogP contribution in [-0.2, 0) is 0 Å². The number of carbonyl (C=O) groups is 1. The molecule has 0 spiro atoms. The summed E-state index contributed by atoms with van der Waals surface area (Å²) in [6, 6.07) is 5.51. The third kappa shape index (κ3) is 4.06. The van der Waals surface area contributed by atoms with Crippen molar-refractivity contribution in [2.24, 2.45) is 0 Å². The molecule has 5 heteroatoms. The molecule has 0 fully saturated rings. The number of ether oxygens (including phenoxy) is 1. The molecule has 0 saturated heterocycles. The smallest absolute Gasteiger partial charge is 0.387 e. The van der Waals surface area contributed by atoms with E-state index in [1.807, 2.05) is 0 Å². The van der Waals surface area contributed by atoms with Crippen molar-refractivity contribution in [3.63, 3.8) is 0 Å². The lowest BCUT2D eigenvalue weighted by atomic mass is 10.1. The highest BCUT2D eigenvalue weighted by Gasteiger charge is 2.18. The summed E-state index contributed by atoms with van der Waals surface area (Å²) in [5.41, 5.74) is -0.604. The molecule has 1 aromatic rings. The molecule has 0 atom stereocenters. The number of hydrogen-bond donors (Lipinski definition) is 1. The number of benzene rings is 1. The lowest BCUT2D eigenvalue weighted by molar-refractivity contribution is -0.0498. The molecule has 0 aliphatic heterocycles. The van der Waals surface area contributed by atoms with Crippen molar-refractivity contribution in [2.75, 3.05) is 0 Å². The molecule has 0 bridgehead atoms. The predicted octanol–water partition coefficient (Wildman–Crippen LogP) is 2.43. The van der Waals surface area contributed by atoms with E-state index in [0.717, 1.165) is 0 Å². The molecule has 1 rings (SSSR count).